The van der Waals surface area contributed by atoms with Crippen LogP contribution >= 0.6 is 11.3 Å². The molecule has 2 heterocycles. The zero-order valence-corrected chi connectivity index (χ0v) is 14.4. The molecule has 1 aliphatic heterocycles. The second kappa shape index (κ2) is 7.63. The molecule has 1 amide bonds. The second-order valence-corrected chi connectivity index (χ2v) is 6.58. The van der Waals surface area contributed by atoms with E-state index in [-0.39, 0.29) is 18.7 Å². The molecule has 0 bridgehead atoms. The molecule has 1 aliphatic rings. The van der Waals surface area contributed by atoms with E-state index in [9.17, 15) is 4.79 Å². The lowest BCUT2D eigenvalue weighted by atomic mass is 10.1. The minimum Gasteiger partial charge on any atom is -0.454 e. The Morgan fingerprint density at radius 3 is 3.08 bits per heavy atom. The third-order valence-electron chi connectivity index (χ3n) is 3.83. The summed E-state index contributed by atoms with van der Waals surface area (Å²) in [7, 11) is 0. The summed E-state index contributed by atoms with van der Waals surface area (Å²) < 4.78 is 10.6. The van der Waals surface area contributed by atoms with Gasteiger partial charge in [0, 0.05) is 11.9 Å². The lowest BCUT2D eigenvalue weighted by Crippen LogP contribution is -2.23. The number of amides is 1. The number of thiazole rings is 1. The predicted molar refractivity (Wildman–Crippen MR) is 92.3 cm³/mol. The predicted octanol–water partition coefficient (Wildman–Crippen LogP) is 2.99. The van der Waals surface area contributed by atoms with Gasteiger partial charge in [0.2, 0.25) is 6.79 Å². The lowest BCUT2D eigenvalue weighted by molar-refractivity contribution is 0.0946. The molecule has 7 heteroatoms. The van der Waals surface area contributed by atoms with Crippen molar-refractivity contribution in [2.24, 2.45) is 5.73 Å². The topological polar surface area (TPSA) is 86.5 Å². The number of ether oxygens (including phenoxy) is 2. The highest BCUT2D eigenvalue weighted by Crippen LogP contribution is 2.32. The number of carbonyl (C=O) groups is 1. The van der Waals surface area contributed by atoms with Crippen molar-refractivity contribution in [3.05, 3.63) is 39.8 Å². The quantitative estimate of drug-likeness (QED) is 0.804. The molecule has 3 rings (SSSR count). The first-order valence-corrected chi connectivity index (χ1v) is 8.93. The van der Waals surface area contributed by atoms with Gasteiger partial charge in [0.1, 0.15) is 10.7 Å². The molecule has 1 aromatic carbocycles. The highest BCUT2D eigenvalue weighted by atomic mass is 32.1. The van der Waals surface area contributed by atoms with Gasteiger partial charge in [-0.2, -0.15) is 0 Å². The van der Waals surface area contributed by atoms with Crippen molar-refractivity contribution >= 4 is 17.2 Å². The Labute approximate surface area is 145 Å². The third-order valence-corrected chi connectivity index (χ3v) is 4.81. The first-order valence-electron chi connectivity index (χ1n) is 8.05. The summed E-state index contributed by atoms with van der Waals surface area (Å²) >= 11 is 1.44. The molecule has 1 unspecified atom stereocenters. The molecule has 0 aliphatic carbocycles. The lowest BCUT2D eigenvalue weighted by Gasteiger charge is -2.07. The van der Waals surface area contributed by atoms with E-state index < -0.39 is 0 Å². The Kier molecular flexibility index (Phi) is 5.32. The van der Waals surface area contributed by atoms with Gasteiger partial charge in [0.05, 0.1) is 6.04 Å². The summed E-state index contributed by atoms with van der Waals surface area (Å²) in [4.78, 5) is 16.6. The number of benzene rings is 1. The molecule has 0 radical (unpaired) electrons. The zero-order valence-electron chi connectivity index (χ0n) is 13.6. The van der Waals surface area contributed by atoms with Gasteiger partial charge in [-0.05, 0) is 24.1 Å². The second-order valence-electron chi connectivity index (χ2n) is 5.69. The highest BCUT2D eigenvalue weighted by molar-refractivity contribution is 7.09. The van der Waals surface area contributed by atoms with Gasteiger partial charge < -0.3 is 20.5 Å². The summed E-state index contributed by atoms with van der Waals surface area (Å²) in [5, 5.41) is 5.45. The number of unbranched alkanes of at least 4 members (excludes halogenated alkanes) is 1. The largest absolute Gasteiger partial charge is 0.454 e. The Morgan fingerprint density at radius 1 is 1.42 bits per heavy atom. The molecular formula is C17H21N3O3S. The normalized spacial score (nSPS) is 13.8. The van der Waals surface area contributed by atoms with Crippen molar-refractivity contribution in [3.8, 4) is 11.5 Å². The standard InChI is InChI=1S/C17H21N3O3S/c1-2-3-4-12(18)17-20-13(9-24-17)16(21)19-8-11-5-6-14-15(7-11)23-10-22-14/h5-7,9,12H,2-4,8,10,18H2,1H3,(H,19,21). The Balaban J connectivity index is 1.56. The van der Waals surface area contributed by atoms with E-state index in [4.69, 9.17) is 15.2 Å². The number of fused-ring (bicyclic) bond motifs is 1. The Bertz CT molecular complexity index is 717. The van der Waals surface area contributed by atoms with Crippen LogP contribution < -0.4 is 20.5 Å². The van der Waals surface area contributed by atoms with Crippen LogP contribution in [0.5, 0.6) is 11.5 Å². The molecule has 0 saturated heterocycles. The van der Waals surface area contributed by atoms with E-state index in [1.54, 1.807) is 5.38 Å². The summed E-state index contributed by atoms with van der Waals surface area (Å²) in [5.74, 6) is 1.24. The fourth-order valence-corrected chi connectivity index (χ4v) is 3.27. The molecule has 2 aromatic rings. The maximum absolute atomic E-state index is 12.2. The highest BCUT2D eigenvalue weighted by Gasteiger charge is 2.16. The Morgan fingerprint density at radius 2 is 2.25 bits per heavy atom. The average Bonchev–Trinajstić information content (AvgIpc) is 3.26. The number of nitrogens with zero attached hydrogens (tertiary/aromatic N) is 1. The van der Waals surface area contributed by atoms with Crippen LogP contribution in [0.15, 0.2) is 23.6 Å². The van der Waals surface area contributed by atoms with Gasteiger partial charge in [-0.3, -0.25) is 4.79 Å². The minimum atomic E-state index is -0.196. The fraction of sp³-hybridized carbons (Fsp3) is 0.412. The maximum atomic E-state index is 12.2. The van der Waals surface area contributed by atoms with Crippen molar-refractivity contribution in [1.29, 1.82) is 0 Å². The van der Waals surface area contributed by atoms with E-state index in [0.29, 0.717) is 18.0 Å². The summed E-state index contributed by atoms with van der Waals surface area (Å²) in [6.45, 7) is 2.78. The van der Waals surface area contributed by atoms with Crippen molar-refractivity contribution in [3.63, 3.8) is 0 Å². The van der Waals surface area contributed by atoms with Crippen molar-refractivity contribution < 1.29 is 14.3 Å². The first-order chi connectivity index (χ1) is 11.7. The van der Waals surface area contributed by atoms with Crippen LogP contribution in [-0.2, 0) is 6.54 Å². The van der Waals surface area contributed by atoms with Crippen LogP contribution in [0.1, 0.15) is 53.3 Å². The van der Waals surface area contributed by atoms with Crippen LogP contribution in [0.25, 0.3) is 0 Å². The van der Waals surface area contributed by atoms with E-state index in [2.05, 4.69) is 17.2 Å². The van der Waals surface area contributed by atoms with Crippen LogP contribution in [0, 0.1) is 0 Å². The van der Waals surface area contributed by atoms with E-state index in [0.717, 1.165) is 35.6 Å². The Hall–Kier alpha value is -2.12. The van der Waals surface area contributed by atoms with Gasteiger partial charge in [-0.25, -0.2) is 4.98 Å². The van der Waals surface area contributed by atoms with Gasteiger partial charge >= 0.3 is 0 Å². The average molecular weight is 347 g/mol. The number of nitrogens with two attached hydrogens (primary N) is 1. The molecule has 6 nitrogen and oxygen atoms in total. The number of carbonyl (C=O) groups excluding carboxylic acids is 1. The third kappa shape index (κ3) is 3.85. The fourth-order valence-electron chi connectivity index (χ4n) is 2.43. The smallest absolute Gasteiger partial charge is 0.271 e. The van der Waals surface area contributed by atoms with Crippen LogP contribution in [0.4, 0.5) is 0 Å². The van der Waals surface area contributed by atoms with Crippen molar-refractivity contribution in [1.82, 2.24) is 10.3 Å². The first kappa shape index (κ1) is 16.7. The van der Waals surface area contributed by atoms with E-state index in [1.807, 2.05) is 18.2 Å². The molecule has 24 heavy (non-hydrogen) atoms. The van der Waals surface area contributed by atoms with Crippen molar-refractivity contribution in [2.45, 2.75) is 38.8 Å². The summed E-state index contributed by atoms with van der Waals surface area (Å²) in [6.07, 6.45) is 3.05. The van der Waals surface area contributed by atoms with Gasteiger partial charge in [-0.1, -0.05) is 25.8 Å². The molecule has 1 atom stereocenters. The zero-order chi connectivity index (χ0) is 16.9. The number of nitrogens with one attached hydrogen (secondary N) is 1. The SMILES string of the molecule is CCCCC(N)c1nc(C(=O)NCc2ccc3c(c2)OCO3)cs1. The molecule has 0 fully saturated rings. The van der Waals surface area contributed by atoms with Gasteiger partial charge in [-0.15, -0.1) is 11.3 Å². The molecule has 0 spiro atoms. The molecule has 3 N–H and O–H groups in total. The molecule has 0 saturated carbocycles. The summed E-state index contributed by atoms with van der Waals surface area (Å²) in [5.41, 5.74) is 7.47. The van der Waals surface area contributed by atoms with E-state index in [1.165, 1.54) is 11.3 Å². The number of aromatic nitrogens is 1. The van der Waals surface area contributed by atoms with Gasteiger partial charge in [0.15, 0.2) is 11.5 Å². The van der Waals surface area contributed by atoms with Crippen molar-refractivity contribution in [2.75, 3.05) is 6.79 Å². The van der Waals surface area contributed by atoms with Crippen LogP contribution in [0.3, 0.4) is 0 Å². The van der Waals surface area contributed by atoms with Crippen LogP contribution in [0.2, 0.25) is 0 Å². The number of hydrogen-bond acceptors (Lipinski definition) is 6. The molecule has 1 aromatic heterocycles. The van der Waals surface area contributed by atoms with E-state index >= 15 is 0 Å². The van der Waals surface area contributed by atoms with Gasteiger partial charge in [0.25, 0.3) is 5.91 Å². The molecule has 128 valence electrons. The number of rotatable bonds is 7. The summed E-state index contributed by atoms with van der Waals surface area (Å²) in [6, 6.07) is 5.53. The minimum absolute atomic E-state index is 0.0923. The molecular weight excluding hydrogens is 326 g/mol. The monoisotopic (exact) mass is 347 g/mol. The number of hydrogen-bond donors (Lipinski definition) is 2. The van der Waals surface area contributed by atoms with Crippen LogP contribution in [-0.4, -0.2) is 17.7 Å². The maximum Gasteiger partial charge on any atom is 0.271 e.